The van der Waals surface area contributed by atoms with Crippen molar-refractivity contribution >= 4 is 5.91 Å². The lowest BCUT2D eigenvalue weighted by atomic mass is 9.98. The third kappa shape index (κ3) is 2.62. The van der Waals surface area contributed by atoms with E-state index >= 15 is 0 Å². The summed E-state index contributed by atoms with van der Waals surface area (Å²) in [7, 11) is 0. The maximum absolute atomic E-state index is 12.1. The number of carbonyl (C=O) groups excluding carboxylic acids is 1. The van der Waals surface area contributed by atoms with Crippen molar-refractivity contribution in [3.05, 3.63) is 29.6 Å². The summed E-state index contributed by atoms with van der Waals surface area (Å²) in [6.07, 6.45) is 4.90. The maximum Gasteiger partial charge on any atom is 0.255 e. The minimum atomic E-state index is 0.0255. The number of aromatic nitrogens is 1. The fraction of sp³-hybridized carbons (Fsp3) is 0.462. The molecule has 1 amide bonds. The van der Waals surface area contributed by atoms with Gasteiger partial charge in [-0.15, -0.1) is 0 Å². The van der Waals surface area contributed by atoms with Gasteiger partial charge < -0.3 is 4.90 Å². The van der Waals surface area contributed by atoms with Crippen molar-refractivity contribution in [3.8, 4) is 6.07 Å². The number of pyridine rings is 1. The van der Waals surface area contributed by atoms with Gasteiger partial charge in [-0.3, -0.25) is 9.78 Å². The summed E-state index contributed by atoms with van der Waals surface area (Å²) >= 11 is 0. The third-order valence-corrected chi connectivity index (χ3v) is 3.09. The van der Waals surface area contributed by atoms with Gasteiger partial charge in [-0.1, -0.05) is 0 Å². The van der Waals surface area contributed by atoms with Crippen molar-refractivity contribution in [2.24, 2.45) is 5.92 Å². The number of amides is 1. The van der Waals surface area contributed by atoms with Gasteiger partial charge in [0, 0.05) is 31.4 Å². The van der Waals surface area contributed by atoms with E-state index in [4.69, 9.17) is 5.26 Å². The average molecular weight is 229 g/mol. The molecule has 0 unspecified atom stereocenters. The van der Waals surface area contributed by atoms with Crippen LogP contribution in [0.15, 0.2) is 18.5 Å². The standard InChI is InChI=1S/C13H15N3O/c1-10-6-12(9-15-8-10)13(17)16-4-2-11(7-14)3-5-16/h6,8-9,11H,2-5H2,1H3. The Morgan fingerprint density at radius 3 is 2.76 bits per heavy atom. The topological polar surface area (TPSA) is 57.0 Å². The number of nitriles is 1. The van der Waals surface area contributed by atoms with Gasteiger partial charge in [-0.05, 0) is 31.4 Å². The summed E-state index contributed by atoms with van der Waals surface area (Å²) in [5.74, 6) is 0.132. The van der Waals surface area contributed by atoms with E-state index in [0.29, 0.717) is 18.7 Å². The van der Waals surface area contributed by atoms with Crippen LogP contribution < -0.4 is 0 Å². The molecule has 0 N–H and O–H groups in total. The van der Waals surface area contributed by atoms with E-state index in [1.807, 2.05) is 17.9 Å². The Labute approximate surface area is 101 Å². The summed E-state index contributed by atoms with van der Waals surface area (Å²) in [6.45, 7) is 3.27. The Hall–Kier alpha value is -1.89. The Bertz CT molecular complexity index is 456. The molecule has 17 heavy (non-hydrogen) atoms. The predicted octanol–water partition coefficient (Wildman–Crippen LogP) is 1.77. The lowest BCUT2D eigenvalue weighted by Crippen LogP contribution is -2.38. The van der Waals surface area contributed by atoms with E-state index in [9.17, 15) is 4.79 Å². The highest BCUT2D eigenvalue weighted by Crippen LogP contribution is 2.18. The molecule has 1 aliphatic rings. The Morgan fingerprint density at radius 1 is 1.47 bits per heavy atom. The van der Waals surface area contributed by atoms with E-state index < -0.39 is 0 Å². The lowest BCUT2D eigenvalue weighted by Gasteiger charge is -2.29. The van der Waals surface area contributed by atoms with Crippen LogP contribution in [0.5, 0.6) is 0 Å². The van der Waals surface area contributed by atoms with Crippen LogP contribution in [0.25, 0.3) is 0 Å². The van der Waals surface area contributed by atoms with Crippen LogP contribution in [-0.2, 0) is 0 Å². The molecule has 0 bridgehead atoms. The zero-order valence-electron chi connectivity index (χ0n) is 9.89. The van der Waals surface area contributed by atoms with Crippen LogP contribution in [-0.4, -0.2) is 28.9 Å². The molecule has 0 spiro atoms. The number of hydrogen-bond acceptors (Lipinski definition) is 3. The zero-order valence-corrected chi connectivity index (χ0v) is 9.89. The fourth-order valence-electron chi connectivity index (χ4n) is 2.07. The summed E-state index contributed by atoms with van der Waals surface area (Å²) in [4.78, 5) is 18.0. The van der Waals surface area contributed by atoms with Gasteiger partial charge in [-0.2, -0.15) is 5.26 Å². The number of nitrogens with zero attached hydrogens (tertiary/aromatic N) is 3. The molecule has 1 saturated heterocycles. The normalized spacial score (nSPS) is 16.6. The summed E-state index contributed by atoms with van der Waals surface area (Å²) in [5.41, 5.74) is 1.63. The van der Waals surface area contributed by atoms with Crippen molar-refractivity contribution in [2.75, 3.05) is 13.1 Å². The highest BCUT2D eigenvalue weighted by Gasteiger charge is 2.23. The molecule has 2 heterocycles. The van der Waals surface area contributed by atoms with Crippen LogP contribution in [0.3, 0.4) is 0 Å². The highest BCUT2D eigenvalue weighted by molar-refractivity contribution is 5.94. The van der Waals surface area contributed by atoms with Crippen molar-refractivity contribution < 1.29 is 4.79 Å². The van der Waals surface area contributed by atoms with Gasteiger partial charge in [-0.25, -0.2) is 0 Å². The molecular weight excluding hydrogens is 214 g/mol. The SMILES string of the molecule is Cc1cncc(C(=O)N2CCC(C#N)CC2)c1. The van der Waals surface area contributed by atoms with Crippen LogP contribution >= 0.6 is 0 Å². The molecule has 1 aromatic rings. The first-order valence-electron chi connectivity index (χ1n) is 5.81. The second-order valence-electron chi connectivity index (χ2n) is 4.45. The average Bonchev–Trinajstić information content (AvgIpc) is 2.38. The molecule has 0 radical (unpaired) electrons. The Morgan fingerprint density at radius 2 is 2.18 bits per heavy atom. The smallest absolute Gasteiger partial charge is 0.255 e. The lowest BCUT2D eigenvalue weighted by molar-refractivity contribution is 0.0707. The fourth-order valence-corrected chi connectivity index (χ4v) is 2.07. The summed E-state index contributed by atoms with van der Waals surface area (Å²) < 4.78 is 0. The molecule has 1 aromatic heterocycles. The molecule has 0 saturated carbocycles. The number of rotatable bonds is 1. The van der Waals surface area contributed by atoms with Gasteiger partial charge >= 0.3 is 0 Å². The largest absolute Gasteiger partial charge is 0.339 e. The molecular formula is C13H15N3O. The third-order valence-electron chi connectivity index (χ3n) is 3.09. The number of hydrogen-bond donors (Lipinski definition) is 0. The van der Waals surface area contributed by atoms with E-state index in [-0.39, 0.29) is 11.8 Å². The molecule has 88 valence electrons. The number of carbonyl (C=O) groups is 1. The van der Waals surface area contributed by atoms with Crippen LogP contribution in [0.2, 0.25) is 0 Å². The van der Waals surface area contributed by atoms with Gasteiger partial charge in [0.1, 0.15) is 0 Å². The molecule has 2 rings (SSSR count). The second-order valence-corrected chi connectivity index (χ2v) is 4.45. The first-order chi connectivity index (χ1) is 8.20. The Balaban J connectivity index is 2.05. The molecule has 4 heteroatoms. The predicted molar refractivity (Wildman–Crippen MR) is 63.2 cm³/mol. The van der Waals surface area contributed by atoms with Gasteiger partial charge in [0.05, 0.1) is 11.6 Å². The van der Waals surface area contributed by atoms with Crippen molar-refractivity contribution in [2.45, 2.75) is 19.8 Å². The first-order valence-corrected chi connectivity index (χ1v) is 5.81. The monoisotopic (exact) mass is 229 g/mol. The quantitative estimate of drug-likeness (QED) is 0.737. The zero-order chi connectivity index (χ0) is 12.3. The number of aryl methyl sites for hydroxylation is 1. The molecule has 0 aromatic carbocycles. The second kappa shape index (κ2) is 4.96. The van der Waals surface area contributed by atoms with Crippen molar-refractivity contribution in [3.63, 3.8) is 0 Å². The van der Waals surface area contributed by atoms with Gasteiger partial charge in [0.2, 0.25) is 0 Å². The minimum Gasteiger partial charge on any atom is -0.339 e. The molecule has 1 aliphatic heterocycles. The maximum atomic E-state index is 12.1. The van der Waals surface area contributed by atoms with Crippen molar-refractivity contribution in [1.82, 2.24) is 9.88 Å². The van der Waals surface area contributed by atoms with Crippen LogP contribution in [0, 0.1) is 24.2 Å². The van der Waals surface area contributed by atoms with Gasteiger partial charge in [0.25, 0.3) is 5.91 Å². The summed E-state index contributed by atoms with van der Waals surface area (Å²) in [6, 6.07) is 4.11. The van der Waals surface area contributed by atoms with Gasteiger partial charge in [0.15, 0.2) is 0 Å². The first kappa shape index (κ1) is 11.6. The van der Waals surface area contributed by atoms with E-state index in [0.717, 1.165) is 18.4 Å². The number of piperidine rings is 1. The van der Waals surface area contributed by atoms with E-state index in [1.165, 1.54) is 0 Å². The summed E-state index contributed by atoms with van der Waals surface area (Å²) in [5, 5.41) is 8.81. The number of likely N-dealkylation sites (tertiary alicyclic amines) is 1. The molecule has 1 fully saturated rings. The molecule has 0 aliphatic carbocycles. The van der Waals surface area contributed by atoms with E-state index in [1.54, 1.807) is 12.4 Å². The van der Waals surface area contributed by atoms with Crippen LogP contribution in [0.4, 0.5) is 0 Å². The van der Waals surface area contributed by atoms with E-state index in [2.05, 4.69) is 11.1 Å². The highest BCUT2D eigenvalue weighted by atomic mass is 16.2. The van der Waals surface area contributed by atoms with Crippen LogP contribution in [0.1, 0.15) is 28.8 Å². The molecule has 0 atom stereocenters. The minimum absolute atomic E-state index is 0.0255. The molecule has 4 nitrogen and oxygen atoms in total. The van der Waals surface area contributed by atoms with Crippen molar-refractivity contribution in [1.29, 1.82) is 5.26 Å². The Kier molecular flexibility index (Phi) is 3.38.